The fourth-order valence-corrected chi connectivity index (χ4v) is 5.53. The summed E-state index contributed by atoms with van der Waals surface area (Å²) in [6.07, 6.45) is 2.27. The molecule has 0 spiro atoms. The molecule has 0 aliphatic carbocycles. The van der Waals surface area contributed by atoms with E-state index in [0.29, 0.717) is 32.9 Å². The molecule has 0 radical (unpaired) electrons. The van der Waals surface area contributed by atoms with Crippen LogP contribution in [0.3, 0.4) is 0 Å². The first-order valence-corrected chi connectivity index (χ1v) is 12.8. The van der Waals surface area contributed by atoms with Gasteiger partial charge in [0.2, 0.25) is 0 Å². The molecule has 0 N–H and O–H groups in total. The van der Waals surface area contributed by atoms with Gasteiger partial charge >= 0.3 is 0 Å². The number of hydrogen-bond acceptors (Lipinski definition) is 2. The standard InChI is InChI=1S/C26H20Cl3F3N2S/c1-3-26(2,15-7-9-19(28)20(29)11-15)24-13-33-25(34(24)23-10-8-16(30)12-22(23)32)35-14-17-18(27)5-4-6-21(17)31/h4-13H,3,14H2,1-2H3. The second-order valence-corrected chi connectivity index (χ2v) is 10.3. The van der Waals surface area contributed by atoms with Crippen LogP contribution in [-0.4, -0.2) is 9.55 Å². The zero-order chi connectivity index (χ0) is 25.3. The molecule has 1 atom stereocenters. The molecule has 182 valence electrons. The molecule has 0 amide bonds. The predicted octanol–water partition coefficient (Wildman–Crippen LogP) is 9.26. The van der Waals surface area contributed by atoms with Gasteiger partial charge in [-0.15, -0.1) is 0 Å². The molecule has 0 saturated carbocycles. The number of nitrogens with zero attached hydrogens (tertiary/aromatic N) is 2. The van der Waals surface area contributed by atoms with Crippen LogP contribution in [0, 0.1) is 17.5 Å². The van der Waals surface area contributed by atoms with Crippen LogP contribution in [0.5, 0.6) is 0 Å². The van der Waals surface area contributed by atoms with Crippen LogP contribution in [-0.2, 0) is 11.2 Å². The molecule has 1 heterocycles. The normalized spacial score (nSPS) is 13.1. The van der Waals surface area contributed by atoms with Crippen molar-refractivity contribution in [3.8, 4) is 5.69 Å². The van der Waals surface area contributed by atoms with E-state index in [1.807, 2.05) is 19.9 Å². The number of aromatic nitrogens is 2. The molecule has 0 bridgehead atoms. The van der Waals surface area contributed by atoms with Gasteiger partial charge in [-0.3, -0.25) is 4.57 Å². The summed E-state index contributed by atoms with van der Waals surface area (Å²) >= 11 is 19.8. The van der Waals surface area contributed by atoms with Crippen LogP contribution in [0.4, 0.5) is 13.2 Å². The Labute approximate surface area is 221 Å². The Balaban J connectivity index is 1.87. The second-order valence-electron chi connectivity index (χ2n) is 8.16. The Morgan fingerprint density at radius 3 is 2.34 bits per heavy atom. The Morgan fingerprint density at radius 1 is 0.914 bits per heavy atom. The highest BCUT2D eigenvalue weighted by Crippen LogP contribution is 2.41. The molecule has 0 aliphatic heterocycles. The van der Waals surface area contributed by atoms with Crippen LogP contribution < -0.4 is 0 Å². The highest BCUT2D eigenvalue weighted by molar-refractivity contribution is 7.98. The van der Waals surface area contributed by atoms with Crippen molar-refractivity contribution in [3.05, 3.63) is 110 Å². The number of imidazole rings is 1. The molecule has 35 heavy (non-hydrogen) atoms. The average Bonchev–Trinajstić information content (AvgIpc) is 3.24. The Morgan fingerprint density at radius 2 is 1.69 bits per heavy atom. The second kappa shape index (κ2) is 10.5. The first-order valence-electron chi connectivity index (χ1n) is 10.7. The third-order valence-electron chi connectivity index (χ3n) is 6.12. The largest absolute Gasteiger partial charge is 0.288 e. The molecule has 1 aromatic heterocycles. The van der Waals surface area contributed by atoms with Crippen LogP contribution >= 0.6 is 46.6 Å². The first-order chi connectivity index (χ1) is 16.7. The smallest absolute Gasteiger partial charge is 0.173 e. The lowest BCUT2D eigenvalue weighted by atomic mass is 9.77. The van der Waals surface area contributed by atoms with Gasteiger partial charge < -0.3 is 0 Å². The maximum atomic E-state index is 15.1. The van der Waals surface area contributed by atoms with Crippen molar-refractivity contribution in [2.24, 2.45) is 0 Å². The van der Waals surface area contributed by atoms with Crippen LogP contribution in [0.15, 0.2) is 66.0 Å². The molecular weight excluding hydrogens is 536 g/mol. The topological polar surface area (TPSA) is 17.8 Å². The van der Waals surface area contributed by atoms with Crippen LogP contribution in [0.1, 0.15) is 37.1 Å². The first kappa shape index (κ1) is 26.0. The monoisotopic (exact) mass is 554 g/mol. The lowest BCUT2D eigenvalue weighted by Gasteiger charge is -2.31. The summed E-state index contributed by atoms with van der Waals surface area (Å²) in [6.45, 7) is 3.98. The van der Waals surface area contributed by atoms with Crippen molar-refractivity contribution in [1.82, 2.24) is 9.55 Å². The number of hydrogen-bond donors (Lipinski definition) is 0. The van der Waals surface area contributed by atoms with Gasteiger partial charge in [-0.2, -0.15) is 0 Å². The summed E-state index contributed by atoms with van der Waals surface area (Å²) in [4.78, 5) is 4.55. The summed E-state index contributed by atoms with van der Waals surface area (Å²) in [5.74, 6) is -1.71. The minimum absolute atomic E-state index is 0.126. The SMILES string of the molecule is CCC(C)(c1ccc(Cl)c(Cl)c1)c1cnc(SCc2c(F)cccc2Cl)n1-c1ccc(F)cc1F. The van der Waals surface area contributed by atoms with Gasteiger partial charge in [-0.1, -0.05) is 65.6 Å². The quantitative estimate of drug-likeness (QED) is 0.212. The number of thioether (sulfide) groups is 1. The zero-order valence-electron chi connectivity index (χ0n) is 18.8. The maximum Gasteiger partial charge on any atom is 0.173 e. The number of rotatable bonds is 7. The fraction of sp³-hybridized carbons (Fsp3) is 0.192. The highest BCUT2D eigenvalue weighted by Gasteiger charge is 2.33. The summed E-state index contributed by atoms with van der Waals surface area (Å²) in [7, 11) is 0. The number of halogens is 6. The van der Waals surface area contributed by atoms with Gasteiger partial charge in [0.1, 0.15) is 17.5 Å². The van der Waals surface area contributed by atoms with Gasteiger partial charge in [0, 0.05) is 27.8 Å². The van der Waals surface area contributed by atoms with E-state index in [1.54, 1.807) is 29.0 Å². The van der Waals surface area contributed by atoms with Crippen LogP contribution in [0.2, 0.25) is 15.1 Å². The Hall–Kier alpha value is -2.12. The van der Waals surface area contributed by atoms with Crippen molar-refractivity contribution in [2.75, 3.05) is 0 Å². The van der Waals surface area contributed by atoms with Crippen molar-refractivity contribution < 1.29 is 13.2 Å². The van der Waals surface area contributed by atoms with E-state index in [-0.39, 0.29) is 16.5 Å². The van der Waals surface area contributed by atoms with Gasteiger partial charge in [-0.05, 0) is 55.3 Å². The van der Waals surface area contributed by atoms with E-state index in [2.05, 4.69) is 4.98 Å². The molecule has 1 unspecified atom stereocenters. The molecule has 0 saturated heterocycles. The minimum atomic E-state index is -0.748. The zero-order valence-corrected chi connectivity index (χ0v) is 21.8. The Bertz CT molecular complexity index is 1370. The molecular formula is C26H20Cl3F3N2S. The average molecular weight is 556 g/mol. The van der Waals surface area contributed by atoms with E-state index < -0.39 is 22.9 Å². The molecule has 9 heteroatoms. The summed E-state index contributed by atoms with van der Waals surface area (Å²) in [5, 5.41) is 1.51. The van der Waals surface area contributed by atoms with Crippen LogP contribution in [0.25, 0.3) is 5.69 Å². The van der Waals surface area contributed by atoms with E-state index in [0.717, 1.165) is 11.6 Å². The predicted molar refractivity (Wildman–Crippen MR) is 138 cm³/mol. The molecule has 0 aliphatic rings. The molecule has 4 aromatic rings. The summed E-state index contributed by atoms with van der Waals surface area (Å²) in [6, 6.07) is 13.2. The van der Waals surface area contributed by atoms with E-state index in [4.69, 9.17) is 34.8 Å². The van der Waals surface area contributed by atoms with Crippen molar-refractivity contribution in [3.63, 3.8) is 0 Å². The lowest BCUT2D eigenvalue weighted by molar-refractivity contribution is 0.509. The van der Waals surface area contributed by atoms with Crippen molar-refractivity contribution >= 4 is 46.6 Å². The minimum Gasteiger partial charge on any atom is -0.288 e. The van der Waals surface area contributed by atoms with Gasteiger partial charge in [-0.25, -0.2) is 18.2 Å². The van der Waals surface area contributed by atoms with Gasteiger partial charge in [0.05, 0.1) is 27.6 Å². The van der Waals surface area contributed by atoms with Gasteiger partial charge in [0.15, 0.2) is 5.16 Å². The lowest BCUT2D eigenvalue weighted by Crippen LogP contribution is -2.26. The fourth-order valence-electron chi connectivity index (χ4n) is 3.90. The van der Waals surface area contributed by atoms with E-state index >= 15 is 4.39 Å². The highest BCUT2D eigenvalue weighted by atomic mass is 35.5. The number of benzene rings is 3. The third-order valence-corrected chi connectivity index (χ3v) is 8.19. The van der Waals surface area contributed by atoms with E-state index in [1.165, 1.54) is 36.0 Å². The Kier molecular flexibility index (Phi) is 7.77. The molecule has 4 rings (SSSR count). The maximum absolute atomic E-state index is 15.1. The molecule has 2 nitrogen and oxygen atoms in total. The third kappa shape index (κ3) is 5.08. The molecule has 0 fully saturated rings. The van der Waals surface area contributed by atoms with Gasteiger partial charge in [0.25, 0.3) is 0 Å². The van der Waals surface area contributed by atoms with Crippen molar-refractivity contribution in [1.29, 1.82) is 0 Å². The molecule has 3 aromatic carbocycles. The summed E-state index contributed by atoms with van der Waals surface area (Å²) < 4.78 is 44.8. The van der Waals surface area contributed by atoms with Crippen molar-refractivity contribution in [2.45, 2.75) is 36.6 Å². The summed E-state index contributed by atoms with van der Waals surface area (Å²) in [5.41, 5.74) is 1.30. The van der Waals surface area contributed by atoms with E-state index in [9.17, 15) is 8.78 Å².